The van der Waals surface area contributed by atoms with Gasteiger partial charge in [-0.25, -0.2) is 4.98 Å². The van der Waals surface area contributed by atoms with Gasteiger partial charge >= 0.3 is 12.1 Å². The quantitative estimate of drug-likeness (QED) is 0.856. The van der Waals surface area contributed by atoms with Gasteiger partial charge in [-0.15, -0.1) is 0 Å². The van der Waals surface area contributed by atoms with Crippen molar-refractivity contribution >= 4 is 17.7 Å². The maximum absolute atomic E-state index is 13.2. The molecule has 1 saturated carbocycles. The molecule has 0 amide bonds. The van der Waals surface area contributed by atoms with E-state index in [2.05, 4.69) is 9.97 Å². The molecule has 4 atom stereocenters. The molecule has 0 spiro atoms. The number of carboxylic acids is 1. The van der Waals surface area contributed by atoms with Gasteiger partial charge in [0.25, 0.3) is 0 Å². The Kier molecular flexibility index (Phi) is 4.50. The number of alkyl halides is 3. The molecule has 0 bridgehead atoms. The molecule has 1 aromatic rings. The molecular weight excluding hydrogens is 353 g/mol. The van der Waals surface area contributed by atoms with Crippen LogP contribution in [0.25, 0.3) is 0 Å². The zero-order valence-corrected chi connectivity index (χ0v) is 14.2. The summed E-state index contributed by atoms with van der Waals surface area (Å²) in [5.74, 6) is 0.233. The molecule has 3 N–H and O–H groups in total. The van der Waals surface area contributed by atoms with Gasteiger partial charge in [-0.2, -0.15) is 18.2 Å². The fourth-order valence-electron chi connectivity index (χ4n) is 4.01. The van der Waals surface area contributed by atoms with Crippen LogP contribution in [-0.4, -0.2) is 52.2 Å². The minimum atomic E-state index is -4.52. The van der Waals surface area contributed by atoms with Crippen molar-refractivity contribution in [3.05, 3.63) is 11.8 Å². The van der Waals surface area contributed by atoms with Crippen molar-refractivity contribution in [3.63, 3.8) is 0 Å². The molecule has 0 unspecified atom stereocenters. The summed E-state index contributed by atoms with van der Waals surface area (Å²) >= 11 is 0. The lowest BCUT2D eigenvalue weighted by Crippen LogP contribution is -2.47. The largest absolute Gasteiger partial charge is 0.481 e. The van der Waals surface area contributed by atoms with Gasteiger partial charge in [-0.1, -0.05) is 0 Å². The van der Waals surface area contributed by atoms with Crippen LogP contribution in [0.15, 0.2) is 6.07 Å². The second-order valence-electron chi connectivity index (χ2n) is 7.23. The lowest BCUT2D eigenvalue weighted by Gasteiger charge is -2.39. The number of fused-ring (bicyclic) bond motifs is 1. The van der Waals surface area contributed by atoms with E-state index < -0.39 is 17.8 Å². The third kappa shape index (κ3) is 3.17. The summed E-state index contributed by atoms with van der Waals surface area (Å²) in [6, 6.07) is 1.15. The third-order valence-electron chi connectivity index (χ3n) is 5.67. The second kappa shape index (κ2) is 6.26. The number of anilines is 2. The molecule has 0 aromatic carbocycles. The molecule has 26 heavy (non-hydrogen) atoms. The summed E-state index contributed by atoms with van der Waals surface area (Å²) in [5.41, 5.74) is -0.922. The van der Waals surface area contributed by atoms with Crippen molar-refractivity contribution in [1.82, 2.24) is 9.97 Å². The summed E-state index contributed by atoms with van der Waals surface area (Å²) in [6.45, 7) is 3.72. The van der Waals surface area contributed by atoms with Crippen LogP contribution in [0.4, 0.5) is 24.9 Å². The number of nitrogens with zero attached hydrogens (tertiary/aromatic N) is 4. The molecule has 10 heteroatoms. The Hall–Kier alpha value is -2.10. The highest BCUT2D eigenvalue weighted by Gasteiger charge is 2.56. The number of carboxylic acid groups (broad SMARTS) is 1. The Morgan fingerprint density at radius 2 is 1.96 bits per heavy atom. The number of hydrogen-bond acceptors (Lipinski definition) is 5. The first-order chi connectivity index (χ1) is 11.7. The van der Waals surface area contributed by atoms with E-state index in [0.29, 0.717) is 19.6 Å². The minimum Gasteiger partial charge on any atom is -0.481 e. The fourth-order valence-corrected chi connectivity index (χ4v) is 4.01. The van der Waals surface area contributed by atoms with Crippen molar-refractivity contribution in [3.8, 4) is 0 Å². The number of carbonyl (C=O) groups is 1. The first-order valence-corrected chi connectivity index (χ1v) is 8.43. The molecule has 7 nitrogen and oxygen atoms in total. The first-order valence-electron chi connectivity index (χ1n) is 8.43. The Bertz CT molecular complexity index is 702. The summed E-state index contributed by atoms with van der Waals surface area (Å²) in [6.07, 6.45) is -3.47. The Morgan fingerprint density at radius 3 is 2.42 bits per heavy atom. The number of aromatic nitrogens is 2. The molecule has 2 saturated heterocycles. The smallest absolute Gasteiger partial charge is 0.433 e. The van der Waals surface area contributed by atoms with Crippen LogP contribution >= 0.6 is 0 Å². The predicted molar refractivity (Wildman–Crippen MR) is 87.0 cm³/mol. The van der Waals surface area contributed by atoms with Crippen molar-refractivity contribution in [1.29, 1.82) is 0 Å². The predicted octanol–water partition coefficient (Wildman–Crippen LogP) is 1.43. The maximum atomic E-state index is 13.2. The normalized spacial score (nSPS) is 29.7. The molecule has 1 aliphatic carbocycles. The van der Waals surface area contributed by atoms with Crippen LogP contribution in [0.5, 0.6) is 0 Å². The highest BCUT2D eigenvalue weighted by molar-refractivity contribution is 5.68. The molecule has 3 aliphatic rings. The van der Waals surface area contributed by atoms with Gasteiger partial charge in [0.05, 0.1) is 0 Å². The van der Waals surface area contributed by atoms with E-state index in [1.54, 1.807) is 4.90 Å². The number of piperidine rings is 1. The van der Waals surface area contributed by atoms with Crippen LogP contribution in [-0.2, 0) is 11.0 Å². The molecule has 1 aromatic heterocycles. The highest BCUT2D eigenvalue weighted by atomic mass is 19.4. The topological polar surface area (TPSA) is 101 Å². The van der Waals surface area contributed by atoms with E-state index in [-0.39, 0.29) is 47.5 Å². The Morgan fingerprint density at radius 1 is 1.31 bits per heavy atom. The third-order valence-corrected chi connectivity index (χ3v) is 5.67. The first kappa shape index (κ1) is 18.7. The van der Waals surface area contributed by atoms with Gasteiger partial charge in [0.2, 0.25) is 5.95 Å². The monoisotopic (exact) mass is 374 g/mol. The van der Waals surface area contributed by atoms with E-state index in [1.807, 2.05) is 11.8 Å². The van der Waals surface area contributed by atoms with Gasteiger partial charge in [0.1, 0.15) is 5.82 Å². The van der Waals surface area contributed by atoms with Crippen LogP contribution in [0, 0.1) is 17.8 Å². The van der Waals surface area contributed by atoms with Gasteiger partial charge in [0.15, 0.2) is 5.69 Å². The van der Waals surface area contributed by atoms with Crippen LogP contribution in [0.3, 0.4) is 0 Å². The van der Waals surface area contributed by atoms with Crippen molar-refractivity contribution in [2.45, 2.75) is 32.0 Å². The standard InChI is InChI=1S/C16H19F3N4O2.H2O/c1-8-2-3-23(8)15-20-12(16(17,18)19)5-13(21-15)22-6-10-9(4-14(24)25)11(10)7-22;/h5,8-11H,2-4,6-7H2,1H3,(H,24,25);1H2/t8-,9-,10-,11+;/m0./s1. The SMILES string of the molecule is C[C@H]1CCN1c1nc(N2C[C@@H]3[C@@H](CC(=O)O)[C@@H]3C2)cc(C(F)(F)F)n1.O. The molecule has 2 aliphatic heterocycles. The summed E-state index contributed by atoms with van der Waals surface area (Å²) in [7, 11) is 0. The van der Waals surface area contributed by atoms with E-state index >= 15 is 0 Å². The maximum Gasteiger partial charge on any atom is 0.433 e. The molecule has 144 valence electrons. The Balaban J connectivity index is 0.00000196. The van der Waals surface area contributed by atoms with E-state index in [4.69, 9.17) is 5.11 Å². The van der Waals surface area contributed by atoms with Gasteiger partial charge in [0, 0.05) is 38.2 Å². The average Bonchev–Trinajstić information content (AvgIpc) is 2.95. The number of hydrogen-bond donors (Lipinski definition) is 1. The van der Waals surface area contributed by atoms with E-state index in [0.717, 1.165) is 12.5 Å². The van der Waals surface area contributed by atoms with Crippen molar-refractivity contribution < 1.29 is 28.5 Å². The molecule has 3 heterocycles. The van der Waals surface area contributed by atoms with E-state index in [9.17, 15) is 18.0 Å². The molecule has 4 rings (SSSR count). The molecule has 3 fully saturated rings. The number of aliphatic carboxylic acids is 1. The molecule has 0 radical (unpaired) electrons. The van der Waals surface area contributed by atoms with Gasteiger partial charge in [-0.05, 0) is 31.1 Å². The zero-order valence-electron chi connectivity index (χ0n) is 14.2. The number of halogens is 3. The second-order valence-corrected chi connectivity index (χ2v) is 7.23. The van der Waals surface area contributed by atoms with Crippen LogP contribution in [0.1, 0.15) is 25.5 Å². The van der Waals surface area contributed by atoms with Gasteiger partial charge < -0.3 is 20.4 Å². The summed E-state index contributed by atoms with van der Waals surface area (Å²) in [5, 5.41) is 8.88. The minimum absolute atomic E-state index is 0. The lowest BCUT2D eigenvalue weighted by atomic mass is 10.1. The molecular formula is C16H21F3N4O3. The summed E-state index contributed by atoms with van der Waals surface area (Å²) < 4.78 is 39.6. The lowest BCUT2D eigenvalue weighted by molar-refractivity contribution is -0.141. The summed E-state index contributed by atoms with van der Waals surface area (Å²) in [4.78, 5) is 22.5. The van der Waals surface area contributed by atoms with Crippen molar-refractivity contribution in [2.24, 2.45) is 17.8 Å². The van der Waals surface area contributed by atoms with Gasteiger partial charge in [-0.3, -0.25) is 4.79 Å². The van der Waals surface area contributed by atoms with Crippen LogP contribution < -0.4 is 9.80 Å². The Labute approximate surface area is 148 Å². The number of rotatable bonds is 4. The zero-order chi connectivity index (χ0) is 17.9. The average molecular weight is 374 g/mol. The van der Waals surface area contributed by atoms with Crippen LogP contribution in [0.2, 0.25) is 0 Å². The van der Waals surface area contributed by atoms with Crippen molar-refractivity contribution in [2.75, 3.05) is 29.4 Å². The highest BCUT2D eigenvalue weighted by Crippen LogP contribution is 2.54. The fraction of sp³-hybridized carbons (Fsp3) is 0.688. The van der Waals surface area contributed by atoms with E-state index in [1.165, 1.54) is 0 Å².